The highest BCUT2D eigenvalue weighted by molar-refractivity contribution is 5.85. The second kappa shape index (κ2) is 9.45. The van der Waals surface area contributed by atoms with E-state index in [2.05, 4.69) is 5.32 Å². The highest BCUT2D eigenvalue weighted by Gasteiger charge is 2.41. The van der Waals surface area contributed by atoms with Crippen molar-refractivity contribution < 1.29 is 19.1 Å². The first-order chi connectivity index (χ1) is 14.1. The number of likely N-dealkylation sites (tertiary alicyclic amines) is 1. The third kappa shape index (κ3) is 4.53. The number of rotatable bonds is 7. The normalized spacial score (nSPS) is 19.0. The molecule has 1 aliphatic heterocycles. The van der Waals surface area contributed by atoms with E-state index in [0.717, 1.165) is 11.1 Å². The van der Waals surface area contributed by atoms with E-state index in [4.69, 9.17) is 9.47 Å². The van der Waals surface area contributed by atoms with Crippen molar-refractivity contribution in [3.05, 3.63) is 59.7 Å². The van der Waals surface area contributed by atoms with Gasteiger partial charge >= 0.3 is 0 Å². The van der Waals surface area contributed by atoms with Gasteiger partial charge in [0.2, 0.25) is 11.8 Å². The number of nitrogens with zero attached hydrogens (tertiary/aromatic N) is 1. The Morgan fingerprint density at radius 1 is 1.14 bits per heavy atom. The average molecular weight is 396 g/mol. The zero-order valence-corrected chi connectivity index (χ0v) is 17.2. The smallest absolute Gasteiger partial charge is 0.225 e. The molecule has 0 bridgehead atoms. The predicted octanol–water partition coefficient (Wildman–Crippen LogP) is 3.32. The topological polar surface area (TPSA) is 67.9 Å². The molecule has 29 heavy (non-hydrogen) atoms. The van der Waals surface area contributed by atoms with Crippen molar-refractivity contribution >= 4 is 11.8 Å². The lowest BCUT2D eigenvalue weighted by Crippen LogP contribution is -2.48. The van der Waals surface area contributed by atoms with Crippen LogP contribution in [0, 0.1) is 5.92 Å². The van der Waals surface area contributed by atoms with E-state index < -0.39 is 0 Å². The Hall–Kier alpha value is -3.02. The van der Waals surface area contributed by atoms with Crippen molar-refractivity contribution in [2.24, 2.45) is 5.92 Å². The molecule has 0 spiro atoms. The van der Waals surface area contributed by atoms with E-state index in [1.165, 1.54) is 0 Å². The molecule has 2 amide bonds. The minimum atomic E-state index is -0.377. The predicted molar refractivity (Wildman–Crippen MR) is 111 cm³/mol. The molecule has 1 heterocycles. The number of amides is 2. The highest BCUT2D eigenvalue weighted by atomic mass is 16.5. The van der Waals surface area contributed by atoms with E-state index in [9.17, 15) is 9.59 Å². The summed E-state index contributed by atoms with van der Waals surface area (Å²) in [6.45, 7) is 2.93. The average Bonchev–Trinajstić information content (AvgIpc) is 2.77. The molecule has 6 heteroatoms. The van der Waals surface area contributed by atoms with Gasteiger partial charge in [0.15, 0.2) is 0 Å². The monoisotopic (exact) mass is 396 g/mol. The van der Waals surface area contributed by atoms with Crippen LogP contribution in [0.25, 0.3) is 0 Å². The number of benzene rings is 2. The molecule has 154 valence electrons. The van der Waals surface area contributed by atoms with E-state index in [0.29, 0.717) is 37.4 Å². The van der Waals surface area contributed by atoms with Crippen LogP contribution in [0.4, 0.5) is 0 Å². The second-order valence-corrected chi connectivity index (χ2v) is 7.08. The van der Waals surface area contributed by atoms with Crippen LogP contribution < -0.4 is 14.8 Å². The van der Waals surface area contributed by atoms with Gasteiger partial charge in [-0.1, -0.05) is 30.3 Å². The van der Waals surface area contributed by atoms with Crippen LogP contribution in [0.2, 0.25) is 0 Å². The van der Waals surface area contributed by atoms with Gasteiger partial charge in [-0.15, -0.1) is 0 Å². The maximum Gasteiger partial charge on any atom is 0.225 e. The summed E-state index contributed by atoms with van der Waals surface area (Å²) in [6.07, 6.45) is 0.877. The Morgan fingerprint density at radius 3 is 2.55 bits per heavy atom. The number of hydrogen-bond donors (Lipinski definition) is 1. The Morgan fingerprint density at radius 2 is 1.90 bits per heavy atom. The molecular formula is C23H28N2O4. The van der Waals surface area contributed by atoms with E-state index in [1.54, 1.807) is 25.2 Å². The van der Waals surface area contributed by atoms with Crippen LogP contribution in [-0.2, 0) is 16.1 Å². The number of methoxy groups -OCH3 is 2. The van der Waals surface area contributed by atoms with Crippen molar-refractivity contribution in [1.29, 1.82) is 0 Å². The maximum atomic E-state index is 13.1. The van der Waals surface area contributed by atoms with E-state index >= 15 is 0 Å². The van der Waals surface area contributed by atoms with E-state index in [1.807, 2.05) is 49.4 Å². The minimum Gasteiger partial charge on any atom is -0.497 e. The molecule has 0 saturated carbocycles. The zero-order valence-electron chi connectivity index (χ0n) is 17.2. The SMILES string of the molecule is CCN1C(=O)CC[C@@H](C(=O)NCc2ccccc2)[C@@H]1c1ccc(OC)cc1OC. The first kappa shape index (κ1) is 20.7. The summed E-state index contributed by atoms with van der Waals surface area (Å²) < 4.78 is 10.9. The van der Waals surface area contributed by atoms with Gasteiger partial charge in [0.25, 0.3) is 0 Å². The Bertz CT molecular complexity index is 853. The molecule has 0 aliphatic carbocycles. The molecule has 2 aromatic carbocycles. The third-order valence-corrected chi connectivity index (χ3v) is 5.45. The Kier molecular flexibility index (Phi) is 6.75. The summed E-state index contributed by atoms with van der Waals surface area (Å²) in [5, 5.41) is 3.05. The highest BCUT2D eigenvalue weighted by Crippen LogP contribution is 2.41. The van der Waals surface area contributed by atoms with Gasteiger partial charge in [-0.3, -0.25) is 9.59 Å². The summed E-state index contributed by atoms with van der Waals surface area (Å²) in [4.78, 5) is 27.5. The van der Waals surface area contributed by atoms with Gasteiger partial charge in [-0.2, -0.15) is 0 Å². The molecule has 1 N–H and O–H groups in total. The van der Waals surface area contributed by atoms with Crippen molar-refractivity contribution in [3.63, 3.8) is 0 Å². The standard InChI is InChI=1S/C23H28N2O4/c1-4-25-21(26)13-12-19(23(27)24-15-16-8-6-5-7-9-16)22(25)18-11-10-17(28-2)14-20(18)29-3/h5-11,14,19,22H,4,12-13,15H2,1-3H3,(H,24,27)/t19-,22+/m1/s1. The fourth-order valence-electron chi connectivity index (χ4n) is 3.96. The lowest BCUT2D eigenvalue weighted by molar-refractivity contribution is -0.143. The number of carbonyl (C=O) groups excluding carboxylic acids is 2. The summed E-state index contributed by atoms with van der Waals surface area (Å²) >= 11 is 0. The van der Waals surface area contributed by atoms with Crippen LogP contribution in [0.3, 0.4) is 0 Å². The second-order valence-electron chi connectivity index (χ2n) is 7.08. The number of nitrogens with one attached hydrogen (secondary N) is 1. The van der Waals surface area contributed by atoms with Gasteiger partial charge in [0.1, 0.15) is 11.5 Å². The number of carbonyl (C=O) groups is 2. The summed E-state index contributed by atoms with van der Waals surface area (Å²) in [6, 6.07) is 14.9. The zero-order chi connectivity index (χ0) is 20.8. The molecule has 1 aliphatic rings. The van der Waals surface area contributed by atoms with Crippen LogP contribution in [0.5, 0.6) is 11.5 Å². The summed E-state index contributed by atoms with van der Waals surface area (Å²) in [7, 11) is 3.18. The fraction of sp³-hybridized carbons (Fsp3) is 0.391. The maximum absolute atomic E-state index is 13.1. The molecular weight excluding hydrogens is 368 g/mol. The number of hydrogen-bond acceptors (Lipinski definition) is 4. The molecule has 0 radical (unpaired) electrons. The number of piperidine rings is 1. The molecule has 2 aromatic rings. The van der Waals surface area contributed by atoms with Crippen LogP contribution in [0.15, 0.2) is 48.5 Å². The van der Waals surface area contributed by atoms with Crippen molar-refractivity contribution in [2.75, 3.05) is 20.8 Å². The lowest BCUT2D eigenvalue weighted by atomic mass is 9.83. The third-order valence-electron chi connectivity index (χ3n) is 5.45. The van der Waals surface area contributed by atoms with Crippen molar-refractivity contribution in [1.82, 2.24) is 10.2 Å². The first-order valence-corrected chi connectivity index (χ1v) is 9.92. The lowest BCUT2D eigenvalue weighted by Gasteiger charge is -2.40. The van der Waals surface area contributed by atoms with Crippen LogP contribution in [0.1, 0.15) is 36.9 Å². The quantitative estimate of drug-likeness (QED) is 0.780. The van der Waals surface area contributed by atoms with Gasteiger partial charge in [0.05, 0.1) is 26.2 Å². The summed E-state index contributed by atoms with van der Waals surface area (Å²) in [5.41, 5.74) is 1.86. The van der Waals surface area contributed by atoms with Gasteiger partial charge in [-0.05, 0) is 31.0 Å². The molecule has 1 saturated heterocycles. The molecule has 1 fully saturated rings. The van der Waals surface area contributed by atoms with Crippen molar-refractivity contribution in [2.45, 2.75) is 32.4 Å². The fourth-order valence-corrected chi connectivity index (χ4v) is 3.96. The number of ether oxygens (including phenoxy) is 2. The Labute approximate surface area is 171 Å². The first-order valence-electron chi connectivity index (χ1n) is 9.92. The largest absolute Gasteiger partial charge is 0.497 e. The Balaban J connectivity index is 1.90. The molecule has 3 rings (SSSR count). The van der Waals surface area contributed by atoms with Crippen LogP contribution in [-0.4, -0.2) is 37.5 Å². The van der Waals surface area contributed by atoms with Gasteiger partial charge in [-0.25, -0.2) is 0 Å². The van der Waals surface area contributed by atoms with Crippen molar-refractivity contribution in [3.8, 4) is 11.5 Å². The van der Waals surface area contributed by atoms with Gasteiger partial charge < -0.3 is 19.7 Å². The minimum absolute atomic E-state index is 0.0531. The van der Waals surface area contributed by atoms with Crippen LogP contribution >= 0.6 is 0 Å². The van der Waals surface area contributed by atoms with E-state index in [-0.39, 0.29) is 23.8 Å². The van der Waals surface area contributed by atoms with Gasteiger partial charge in [0, 0.05) is 31.1 Å². The molecule has 0 unspecified atom stereocenters. The molecule has 6 nitrogen and oxygen atoms in total. The molecule has 0 aromatic heterocycles. The molecule has 2 atom stereocenters. The summed E-state index contributed by atoms with van der Waals surface area (Å²) in [5.74, 6) is 0.938.